The van der Waals surface area contributed by atoms with Gasteiger partial charge in [0.05, 0.1) is 17.9 Å². The van der Waals surface area contributed by atoms with Crippen molar-refractivity contribution in [1.29, 1.82) is 0 Å². The van der Waals surface area contributed by atoms with E-state index in [0.717, 1.165) is 44.1 Å². The summed E-state index contributed by atoms with van der Waals surface area (Å²) in [5.74, 6) is 0.718. The highest BCUT2D eigenvalue weighted by Gasteiger charge is 2.21. The van der Waals surface area contributed by atoms with Gasteiger partial charge in [-0.25, -0.2) is 9.67 Å². The zero-order chi connectivity index (χ0) is 18.4. The monoisotopic (exact) mass is 412 g/mol. The van der Waals surface area contributed by atoms with E-state index >= 15 is 0 Å². The molecule has 0 saturated carbocycles. The van der Waals surface area contributed by atoms with Gasteiger partial charge in [-0.1, -0.05) is 11.6 Å². The second kappa shape index (κ2) is 10.6. The first-order chi connectivity index (χ1) is 12.7. The number of rotatable bonds is 7. The van der Waals surface area contributed by atoms with E-state index in [9.17, 15) is 4.79 Å². The van der Waals surface area contributed by atoms with Gasteiger partial charge in [0.1, 0.15) is 12.7 Å². The Morgan fingerprint density at radius 3 is 2.78 bits per heavy atom. The van der Waals surface area contributed by atoms with E-state index in [1.165, 1.54) is 12.7 Å². The number of amides is 1. The molecule has 0 bridgehead atoms. The number of benzene rings is 1. The quantitative estimate of drug-likeness (QED) is 0.730. The molecule has 9 heteroatoms. The maximum Gasteiger partial charge on any atom is 0.238 e. The van der Waals surface area contributed by atoms with Crippen LogP contribution in [0.5, 0.6) is 0 Å². The van der Waals surface area contributed by atoms with Gasteiger partial charge in [0.2, 0.25) is 5.91 Å². The van der Waals surface area contributed by atoms with Crippen LogP contribution in [0.25, 0.3) is 5.69 Å². The van der Waals surface area contributed by atoms with Gasteiger partial charge in [0.25, 0.3) is 0 Å². The van der Waals surface area contributed by atoms with Crippen LogP contribution in [0.15, 0.2) is 30.9 Å². The number of piperidine rings is 1. The Bertz CT molecular complexity index is 717. The number of nitrogens with zero attached hydrogens (tertiary/aromatic N) is 4. The van der Waals surface area contributed by atoms with E-state index in [2.05, 4.69) is 25.6 Å². The number of likely N-dealkylation sites (tertiary alicyclic amines) is 1. The van der Waals surface area contributed by atoms with Crippen molar-refractivity contribution in [1.82, 2.24) is 25.0 Å². The summed E-state index contributed by atoms with van der Waals surface area (Å²) in [5.41, 5.74) is 1.38. The molecule has 2 heterocycles. The van der Waals surface area contributed by atoms with Crippen LogP contribution in [0.4, 0.5) is 5.69 Å². The molecule has 0 aliphatic carbocycles. The van der Waals surface area contributed by atoms with Crippen LogP contribution < -0.4 is 10.6 Å². The summed E-state index contributed by atoms with van der Waals surface area (Å²) in [6, 6.07) is 5.32. The standard InChI is InChI=1S/C18H25ClN6O.ClH/c1-20-7-4-14-5-8-24(9-6-14)11-18(26)23-16-10-15(19)2-3-17(16)25-13-21-12-22-25;/h2-3,10,12-14,20H,4-9,11H2,1H3,(H,23,26);1H. The van der Waals surface area contributed by atoms with E-state index in [1.54, 1.807) is 23.1 Å². The number of nitrogens with one attached hydrogen (secondary N) is 2. The first-order valence-corrected chi connectivity index (χ1v) is 9.35. The lowest BCUT2D eigenvalue weighted by molar-refractivity contribution is -0.117. The number of aromatic nitrogens is 3. The lowest BCUT2D eigenvalue weighted by atomic mass is 9.93. The molecule has 0 spiro atoms. The minimum atomic E-state index is -0.0395. The Morgan fingerprint density at radius 1 is 1.33 bits per heavy atom. The molecule has 1 aromatic carbocycles. The Labute approximate surface area is 170 Å². The molecule has 0 radical (unpaired) electrons. The summed E-state index contributed by atoms with van der Waals surface area (Å²) < 4.78 is 1.61. The fourth-order valence-corrected chi connectivity index (χ4v) is 3.49. The highest BCUT2D eigenvalue weighted by atomic mass is 35.5. The Morgan fingerprint density at radius 2 is 2.11 bits per heavy atom. The first-order valence-electron chi connectivity index (χ1n) is 8.97. The van der Waals surface area contributed by atoms with Crippen LogP contribution in [-0.4, -0.2) is 58.8 Å². The highest BCUT2D eigenvalue weighted by Crippen LogP contribution is 2.24. The fraction of sp³-hybridized carbons (Fsp3) is 0.500. The number of carbonyl (C=O) groups excluding carboxylic acids is 1. The molecule has 2 aromatic rings. The number of anilines is 1. The molecule has 0 unspecified atom stereocenters. The summed E-state index contributed by atoms with van der Waals surface area (Å²) in [7, 11) is 1.99. The average molecular weight is 413 g/mol. The van der Waals surface area contributed by atoms with Crippen LogP contribution in [0, 0.1) is 5.92 Å². The number of halogens is 2. The SMILES string of the molecule is CNCCC1CCN(CC(=O)Nc2cc(Cl)ccc2-n2cncn2)CC1.Cl. The Hall–Kier alpha value is -1.67. The fourth-order valence-electron chi connectivity index (χ4n) is 3.32. The van der Waals surface area contributed by atoms with Gasteiger partial charge in [0, 0.05) is 5.02 Å². The van der Waals surface area contributed by atoms with Gasteiger partial charge in [-0.2, -0.15) is 5.10 Å². The predicted molar refractivity (Wildman–Crippen MR) is 110 cm³/mol. The van der Waals surface area contributed by atoms with E-state index in [4.69, 9.17) is 11.6 Å². The number of carbonyl (C=O) groups is 1. The lowest BCUT2D eigenvalue weighted by Gasteiger charge is -2.31. The van der Waals surface area contributed by atoms with Crippen molar-refractivity contribution in [3.8, 4) is 5.69 Å². The molecule has 1 aromatic heterocycles. The Kier molecular flexibility index (Phi) is 8.50. The predicted octanol–water partition coefficient (Wildman–Crippen LogP) is 2.60. The molecule has 1 aliphatic rings. The molecule has 1 aliphatic heterocycles. The van der Waals surface area contributed by atoms with Crippen LogP contribution in [0.3, 0.4) is 0 Å². The van der Waals surface area contributed by atoms with Crippen molar-refractivity contribution < 1.29 is 4.79 Å². The molecule has 1 amide bonds. The van der Waals surface area contributed by atoms with Crippen LogP contribution in [0.1, 0.15) is 19.3 Å². The van der Waals surface area contributed by atoms with Gasteiger partial charge in [-0.15, -0.1) is 12.4 Å². The molecule has 0 atom stereocenters. The molecule has 1 fully saturated rings. The largest absolute Gasteiger partial charge is 0.323 e. The second-order valence-corrected chi connectivity index (χ2v) is 7.10. The van der Waals surface area contributed by atoms with E-state index in [-0.39, 0.29) is 18.3 Å². The maximum absolute atomic E-state index is 12.5. The summed E-state index contributed by atoms with van der Waals surface area (Å²) in [5, 5.41) is 10.9. The van der Waals surface area contributed by atoms with Gasteiger partial charge < -0.3 is 10.6 Å². The van der Waals surface area contributed by atoms with Crippen molar-refractivity contribution in [2.24, 2.45) is 5.92 Å². The third-order valence-corrected chi connectivity index (χ3v) is 5.01. The minimum Gasteiger partial charge on any atom is -0.323 e. The molecule has 27 heavy (non-hydrogen) atoms. The van der Waals surface area contributed by atoms with Gasteiger partial charge in [-0.3, -0.25) is 9.69 Å². The van der Waals surface area contributed by atoms with Gasteiger partial charge >= 0.3 is 0 Å². The minimum absolute atomic E-state index is 0. The smallest absolute Gasteiger partial charge is 0.238 e. The van der Waals surface area contributed by atoms with Crippen molar-refractivity contribution in [3.63, 3.8) is 0 Å². The number of hydrogen-bond donors (Lipinski definition) is 2. The molecule has 7 nitrogen and oxygen atoms in total. The second-order valence-electron chi connectivity index (χ2n) is 6.66. The van der Waals surface area contributed by atoms with Crippen molar-refractivity contribution in [2.75, 3.05) is 38.5 Å². The van der Waals surface area contributed by atoms with E-state index < -0.39 is 0 Å². The van der Waals surface area contributed by atoms with Crippen molar-refractivity contribution in [2.45, 2.75) is 19.3 Å². The summed E-state index contributed by atoms with van der Waals surface area (Å²) in [6.45, 7) is 3.38. The molecular formula is C18H26Cl2N6O. The molecule has 2 N–H and O–H groups in total. The average Bonchev–Trinajstić information content (AvgIpc) is 3.15. The van der Waals surface area contributed by atoms with Crippen molar-refractivity contribution >= 4 is 35.6 Å². The summed E-state index contributed by atoms with van der Waals surface area (Å²) in [4.78, 5) is 18.7. The van der Waals surface area contributed by atoms with Crippen LogP contribution in [-0.2, 0) is 4.79 Å². The number of hydrogen-bond acceptors (Lipinski definition) is 5. The summed E-state index contributed by atoms with van der Waals surface area (Å²) in [6.07, 6.45) is 6.56. The molecular weight excluding hydrogens is 387 g/mol. The first kappa shape index (κ1) is 21.6. The zero-order valence-corrected chi connectivity index (χ0v) is 17.0. The zero-order valence-electron chi connectivity index (χ0n) is 15.4. The normalized spacial score (nSPS) is 15.3. The Balaban J connectivity index is 0.00000261. The third-order valence-electron chi connectivity index (χ3n) is 4.78. The lowest BCUT2D eigenvalue weighted by Crippen LogP contribution is -2.39. The third kappa shape index (κ3) is 6.17. The topological polar surface area (TPSA) is 75.1 Å². The van der Waals surface area contributed by atoms with E-state index in [1.807, 2.05) is 13.1 Å². The molecule has 148 valence electrons. The van der Waals surface area contributed by atoms with Crippen LogP contribution in [0.2, 0.25) is 5.02 Å². The van der Waals surface area contributed by atoms with Crippen LogP contribution >= 0.6 is 24.0 Å². The maximum atomic E-state index is 12.5. The summed E-state index contributed by atoms with van der Waals surface area (Å²) >= 11 is 6.10. The van der Waals surface area contributed by atoms with Gasteiger partial charge in [0.15, 0.2) is 0 Å². The molecule has 3 rings (SSSR count). The molecule has 1 saturated heterocycles. The van der Waals surface area contributed by atoms with Crippen molar-refractivity contribution in [3.05, 3.63) is 35.9 Å². The van der Waals surface area contributed by atoms with E-state index in [0.29, 0.717) is 17.3 Å². The van der Waals surface area contributed by atoms with Gasteiger partial charge in [-0.05, 0) is 70.1 Å². The highest BCUT2D eigenvalue weighted by molar-refractivity contribution is 6.31.